The van der Waals surface area contributed by atoms with Crippen molar-refractivity contribution in [3.8, 4) is 0 Å². The molecule has 1 N–H and O–H groups in total. The summed E-state index contributed by atoms with van der Waals surface area (Å²) in [7, 11) is 0. The Morgan fingerprint density at radius 3 is 2.56 bits per heavy atom. The lowest BCUT2D eigenvalue weighted by atomic mass is 9.89. The maximum absolute atomic E-state index is 9.92. The Hall–Kier alpha value is -0.380. The van der Waals surface area contributed by atoms with Crippen LogP contribution in [0.3, 0.4) is 0 Å². The zero-order valence-corrected chi connectivity index (χ0v) is 10.9. The molecule has 0 saturated heterocycles. The molecule has 0 atom stereocenters. The van der Waals surface area contributed by atoms with Gasteiger partial charge in [0.25, 0.3) is 0 Å². The Bertz CT molecular complexity index is 248. The van der Waals surface area contributed by atoms with Gasteiger partial charge in [-0.2, -0.15) is 0 Å². The zero-order chi connectivity index (χ0) is 12.2. The van der Waals surface area contributed by atoms with Crippen molar-refractivity contribution in [1.82, 2.24) is 0 Å². The largest absolute Gasteiger partial charge is 0.387 e. The molecule has 1 rings (SSSR count). The van der Waals surface area contributed by atoms with Crippen LogP contribution in [0.25, 0.3) is 0 Å². The Labute approximate surface area is 98.4 Å². The maximum atomic E-state index is 9.92. The summed E-state index contributed by atoms with van der Waals surface area (Å²) in [5, 5.41) is 9.92. The van der Waals surface area contributed by atoms with Crippen molar-refractivity contribution in [2.24, 2.45) is 0 Å². The summed E-state index contributed by atoms with van der Waals surface area (Å²) in [6.45, 7) is 9.60. The van der Waals surface area contributed by atoms with Gasteiger partial charge >= 0.3 is 0 Å². The van der Waals surface area contributed by atoms with Gasteiger partial charge in [-0.15, -0.1) is 0 Å². The summed E-state index contributed by atoms with van der Waals surface area (Å²) in [4.78, 5) is 0. The molecule has 16 heavy (non-hydrogen) atoms. The lowest BCUT2D eigenvalue weighted by Crippen LogP contribution is -2.47. The molecule has 94 valence electrons. The second kappa shape index (κ2) is 5.30. The summed E-state index contributed by atoms with van der Waals surface area (Å²) in [5.74, 6) is 0. The lowest BCUT2D eigenvalue weighted by Gasteiger charge is -2.37. The van der Waals surface area contributed by atoms with Gasteiger partial charge in [0.1, 0.15) is 0 Å². The van der Waals surface area contributed by atoms with Crippen molar-refractivity contribution in [2.75, 3.05) is 19.8 Å². The highest BCUT2D eigenvalue weighted by atomic mass is 16.5. The molecule has 0 amide bonds. The van der Waals surface area contributed by atoms with E-state index in [9.17, 15) is 5.11 Å². The van der Waals surface area contributed by atoms with Crippen LogP contribution in [0.15, 0.2) is 11.6 Å². The van der Waals surface area contributed by atoms with Crippen molar-refractivity contribution in [2.45, 2.75) is 51.7 Å². The fraction of sp³-hybridized carbons (Fsp3) is 0.846. The third kappa shape index (κ3) is 3.89. The molecule has 3 nitrogen and oxygen atoms in total. The molecule has 0 saturated carbocycles. The van der Waals surface area contributed by atoms with E-state index in [0.29, 0.717) is 6.61 Å². The fourth-order valence-corrected chi connectivity index (χ4v) is 1.41. The number of ether oxygens (including phenoxy) is 2. The molecule has 3 heteroatoms. The van der Waals surface area contributed by atoms with Gasteiger partial charge in [-0.25, -0.2) is 0 Å². The maximum Gasteiger partial charge on any atom is 0.0906 e. The van der Waals surface area contributed by atoms with E-state index in [-0.39, 0.29) is 0 Å². The van der Waals surface area contributed by atoms with Crippen LogP contribution in [0.4, 0.5) is 0 Å². The minimum absolute atomic E-state index is 0.515. The quantitative estimate of drug-likeness (QED) is 0.734. The number of hydrogen-bond acceptors (Lipinski definition) is 3. The van der Waals surface area contributed by atoms with Gasteiger partial charge in [0.05, 0.1) is 31.0 Å². The van der Waals surface area contributed by atoms with Crippen molar-refractivity contribution in [3.63, 3.8) is 0 Å². The molecule has 0 aliphatic carbocycles. The van der Waals surface area contributed by atoms with Gasteiger partial charge in [-0.3, -0.25) is 0 Å². The second-order valence-electron chi connectivity index (χ2n) is 5.36. The van der Waals surface area contributed by atoms with Crippen LogP contribution >= 0.6 is 0 Å². The highest BCUT2D eigenvalue weighted by molar-refractivity contribution is 5.04. The van der Waals surface area contributed by atoms with Gasteiger partial charge in [-0.05, 0) is 40.5 Å². The van der Waals surface area contributed by atoms with Gasteiger partial charge < -0.3 is 14.6 Å². The summed E-state index contributed by atoms with van der Waals surface area (Å²) < 4.78 is 11.0. The predicted molar refractivity (Wildman–Crippen MR) is 64.5 cm³/mol. The standard InChI is InChI=1S/C13H24O3/c1-12(2,14)13(3,4)16-10-7-11-5-8-15-9-6-11/h5,14H,6-10H2,1-4H3. The van der Waals surface area contributed by atoms with Crippen molar-refractivity contribution >= 4 is 0 Å². The molecule has 0 aromatic carbocycles. The van der Waals surface area contributed by atoms with Crippen LogP contribution in [0.1, 0.15) is 40.5 Å². The smallest absolute Gasteiger partial charge is 0.0906 e. The zero-order valence-electron chi connectivity index (χ0n) is 10.9. The van der Waals surface area contributed by atoms with Crippen molar-refractivity contribution in [1.29, 1.82) is 0 Å². The summed E-state index contributed by atoms with van der Waals surface area (Å²) in [6, 6.07) is 0. The molecular weight excluding hydrogens is 204 g/mol. The predicted octanol–water partition coefficient (Wildman–Crippen LogP) is 2.29. The second-order valence-corrected chi connectivity index (χ2v) is 5.36. The third-order valence-electron chi connectivity index (χ3n) is 3.42. The molecule has 0 unspecified atom stereocenters. The average Bonchev–Trinajstić information content (AvgIpc) is 2.17. The van der Waals surface area contributed by atoms with Crippen LogP contribution in [0.2, 0.25) is 0 Å². The highest BCUT2D eigenvalue weighted by Crippen LogP contribution is 2.25. The van der Waals surface area contributed by atoms with E-state index in [1.807, 2.05) is 13.8 Å². The van der Waals surface area contributed by atoms with Gasteiger partial charge in [0, 0.05) is 0 Å². The molecule has 0 aromatic rings. The number of aliphatic hydroxyl groups is 1. The highest BCUT2D eigenvalue weighted by Gasteiger charge is 2.35. The lowest BCUT2D eigenvalue weighted by molar-refractivity contribution is -0.146. The van der Waals surface area contributed by atoms with E-state index in [4.69, 9.17) is 9.47 Å². The molecule has 1 heterocycles. The van der Waals surface area contributed by atoms with Crippen LogP contribution in [0, 0.1) is 0 Å². The van der Waals surface area contributed by atoms with Gasteiger partial charge in [0.15, 0.2) is 0 Å². The Morgan fingerprint density at radius 2 is 2.06 bits per heavy atom. The number of rotatable bonds is 5. The topological polar surface area (TPSA) is 38.7 Å². The van der Waals surface area contributed by atoms with Crippen LogP contribution < -0.4 is 0 Å². The Kier molecular flexibility index (Phi) is 4.53. The minimum atomic E-state index is -0.822. The molecule has 1 aliphatic heterocycles. The average molecular weight is 228 g/mol. The molecular formula is C13H24O3. The molecule has 1 aliphatic rings. The summed E-state index contributed by atoms with van der Waals surface area (Å²) in [5.41, 5.74) is 0.0632. The normalized spacial score (nSPS) is 18.4. The molecule has 0 radical (unpaired) electrons. The first-order chi connectivity index (χ1) is 7.33. The van der Waals surface area contributed by atoms with Crippen LogP contribution in [-0.4, -0.2) is 36.1 Å². The SMILES string of the molecule is CC(C)(O)C(C)(C)OCCC1=CCOCC1. The van der Waals surface area contributed by atoms with E-state index in [1.54, 1.807) is 13.8 Å². The van der Waals surface area contributed by atoms with E-state index in [1.165, 1.54) is 5.57 Å². The van der Waals surface area contributed by atoms with Crippen LogP contribution in [-0.2, 0) is 9.47 Å². The number of hydrogen-bond donors (Lipinski definition) is 1. The Morgan fingerprint density at radius 1 is 1.38 bits per heavy atom. The van der Waals surface area contributed by atoms with Crippen LogP contribution in [0.5, 0.6) is 0 Å². The van der Waals surface area contributed by atoms with Gasteiger partial charge in [0.2, 0.25) is 0 Å². The first-order valence-electron chi connectivity index (χ1n) is 5.95. The third-order valence-corrected chi connectivity index (χ3v) is 3.42. The molecule has 0 fully saturated rings. The molecule has 0 aromatic heterocycles. The van der Waals surface area contributed by atoms with Gasteiger partial charge in [-0.1, -0.05) is 11.6 Å². The first kappa shape index (κ1) is 13.7. The summed E-state index contributed by atoms with van der Waals surface area (Å²) >= 11 is 0. The van der Waals surface area contributed by atoms with E-state index in [0.717, 1.165) is 26.1 Å². The van der Waals surface area contributed by atoms with E-state index >= 15 is 0 Å². The van der Waals surface area contributed by atoms with Crippen molar-refractivity contribution in [3.05, 3.63) is 11.6 Å². The minimum Gasteiger partial charge on any atom is -0.387 e. The van der Waals surface area contributed by atoms with Crippen molar-refractivity contribution < 1.29 is 14.6 Å². The fourth-order valence-electron chi connectivity index (χ4n) is 1.41. The Balaban J connectivity index is 2.32. The summed E-state index contributed by atoms with van der Waals surface area (Å²) in [6.07, 6.45) is 4.07. The first-order valence-corrected chi connectivity index (χ1v) is 5.95. The van der Waals surface area contributed by atoms with E-state index in [2.05, 4.69) is 6.08 Å². The van der Waals surface area contributed by atoms with E-state index < -0.39 is 11.2 Å². The monoisotopic (exact) mass is 228 g/mol. The molecule has 0 bridgehead atoms. The molecule has 0 spiro atoms.